The van der Waals surface area contributed by atoms with Crippen LogP contribution in [-0.4, -0.2) is 64.4 Å². The normalized spacial score (nSPS) is 12.6. The van der Waals surface area contributed by atoms with Crippen molar-refractivity contribution in [2.45, 2.75) is 24.7 Å². The van der Waals surface area contributed by atoms with Gasteiger partial charge in [-0.2, -0.15) is 0 Å². The number of hydrogen-bond acceptors (Lipinski definition) is 12. The van der Waals surface area contributed by atoms with Gasteiger partial charge in [-0.05, 0) is 283 Å². The van der Waals surface area contributed by atoms with Crippen molar-refractivity contribution in [2.75, 3.05) is 0 Å². The molecule has 0 aliphatic heterocycles. The Balaban J connectivity index is 0.000000146. The average Bonchev–Trinajstić information content (AvgIpc) is 1.52. The minimum atomic E-state index is -0.443. The Labute approximate surface area is 791 Å². The number of pyridine rings is 4. The van der Waals surface area contributed by atoms with Crippen LogP contribution >= 0.6 is 0 Å². The molecule has 9 heterocycles. The lowest BCUT2D eigenvalue weighted by atomic mass is 9.70. The largest absolute Gasteiger partial charge is 0.309 e. The van der Waals surface area contributed by atoms with Crippen molar-refractivity contribution in [3.63, 3.8) is 0 Å². The van der Waals surface area contributed by atoms with Gasteiger partial charge < -0.3 is 4.57 Å². The third kappa shape index (κ3) is 14.3. The molecule has 0 radical (unpaired) electrons. The summed E-state index contributed by atoms with van der Waals surface area (Å²) >= 11 is 0. The van der Waals surface area contributed by atoms with Crippen molar-refractivity contribution in [1.82, 2.24) is 64.4 Å². The van der Waals surface area contributed by atoms with Crippen LogP contribution < -0.4 is 0 Å². The maximum atomic E-state index is 4.64. The van der Waals surface area contributed by atoms with E-state index in [0.717, 1.165) is 161 Å². The molecule has 0 N–H and O–H groups in total. The molecule has 9 aromatic heterocycles. The van der Waals surface area contributed by atoms with E-state index in [-0.39, 0.29) is 5.41 Å². The van der Waals surface area contributed by atoms with Crippen LogP contribution in [0.2, 0.25) is 0 Å². The van der Waals surface area contributed by atoms with Crippen molar-refractivity contribution >= 4 is 21.8 Å². The molecule has 13 heteroatoms. The van der Waals surface area contributed by atoms with Crippen LogP contribution in [0, 0.1) is 0 Å². The standard InChI is InChI=1S/C63H43N7.C61H38N6/c1-63(2)59-17-7-6-16-55(59)56-28-58-57-27-44(18-19-61(57)70(62(58)29-60(56)63)54-14-4-3-5-15-54)47-23-45(40-10-8-12-42(20-40)48-25-50(32-64-30-48)52-34-66-38-67-35-52)22-46(24-47)41-11-9-13-43(21-41)49-26-51(33-65-31-49)53-36-68-39-69-37-53;1-4-16-57-53(13-1)54-14-2-5-17-58(54)61(57)59-18-6-3-15-55(59)56-20-19-43(28-60(56)61)46-24-44(39-9-7-11-41(21-39)47-26-49(31-62-29-47)51-33-64-37-65-34-51)23-45(25-46)40-10-8-12-42(22-40)48-27-50(32-63-30-48)52-35-66-38-67-36-52/h3-39H,1-2H3;1-38H. The first-order valence-corrected chi connectivity index (χ1v) is 45.9. The Morgan fingerprint density at radius 3 is 0.788 bits per heavy atom. The van der Waals surface area contributed by atoms with Gasteiger partial charge in [-0.3, -0.25) is 19.9 Å². The molecule has 3 aliphatic carbocycles. The highest BCUT2D eigenvalue weighted by Gasteiger charge is 2.52. The summed E-state index contributed by atoms with van der Waals surface area (Å²) < 4.78 is 2.44. The van der Waals surface area contributed by atoms with E-state index in [1.54, 1.807) is 25.3 Å². The van der Waals surface area contributed by atoms with Crippen LogP contribution in [-0.2, 0) is 10.8 Å². The zero-order valence-electron chi connectivity index (χ0n) is 74.6. The molecular formula is C124H81N13. The number of para-hydroxylation sites is 1. The summed E-state index contributed by atoms with van der Waals surface area (Å²) in [4.78, 5) is 52.5. The van der Waals surface area contributed by atoms with Gasteiger partial charge in [0.1, 0.15) is 25.3 Å². The third-order valence-electron chi connectivity index (χ3n) is 27.7. The molecular weight excluding hydrogens is 1670 g/mol. The van der Waals surface area contributed by atoms with Gasteiger partial charge in [-0.25, -0.2) is 39.9 Å². The molecule has 26 rings (SSSR count). The highest BCUT2D eigenvalue weighted by molar-refractivity contribution is 6.13. The summed E-state index contributed by atoms with van der Waals surface area (Å²) in [5.74, 6) is 0. The second-order valence-electron chi connectivity index (χ2n) is 35.9. The van der Waals surface area contributed by atoms with Gasteiger partial charge in [-0.15, -0.1) is 0 Å². The number of fused-ring (bicyclic) bond motifs is 16. The van der Waals surface area contributed by atoms with E-state index in [9.17, 15) is 0 Å². The van der Waals surface area contributed by atoms with Crippen molar-refractivity contribution in [2.24, 2.45) is 0 Å². The predicted molar refractivity (Wildman–Crippen MR) is 551 cm³/mol. The fourth-order valence-electron chi connectivity index (χ4n) is 21.1. The summed E-state index contributed by atoms with van der Waals surface area (Å²) in [6.07, 6.45) is 35.9. The van der Waals surface area contributed by atoms with E-state index in [2.05, 4.69) is 412 Å². The summed E-state index contributed by atoms with van der Waals surface area (Å²) in [6.45, 7) is 4.71. The van der Waals surface area contributed by atoms with Gasteiger partial charge in [0.25, 0.3) is 0 Å². The van der Waals surface area contributed by atoms with E-state index in [0.29, 0.717) is 0 Å². The van der Waals surface area contributed by atoms with Crippen LogP contribution in [0.15, 0.2) is 458 Å². The van der Waals surface area contributed by atoms with Gasteiger partial charge in [0.05, 0.1) is 16.4 Å². The minimum absolute atomic E-state index is 0.124. The first-order chi connectivity index (χ1) is 67.6. The van der Waals surface area contributed by atoms with E-state index in [1.807, 2.05) is 99.1 Å². The van der Waals surface area contributed by atoms with E-state index < -0.39 is 5.41 Å². The molecule has 0 bridgehead atoms. The molecule has 137 heavy (non-hydrogen) atoms. The molecule has 0 saturated heterocycles. The summed E-state index contributed by atoms with van der Waals surface area (Å²) in [7, 11) is 0. The molecule has 23 aromatic rings. The smallest absolute Gasteiger partial charge is 0.115 e. The van der Waals surface area contributed by atoms with Gasteiger partial charge in [0.2, 0.25) is 0 Å². The van der Waals surface area contributed by atoms with Crippen molar-refractivity contribution in [3.05, 3.63) is 491 Å². The highest BCUT2D eigenvalue weighted by atomic mass is 15.0. The van der Waals surface area contributed by atoms with Crippen LogP contribution in [0.3, 0.4) is 0 Å². The SMILES string of the molecule is CC1(C)c2ccccc2-c2cc3c4cc(-c5cc(-c6cccc(-c7cncc(-c8cncnc8)c7)c6)cc(-c6cccc(-c7cncc(-c8cncnc8)c7)c6)c5)ccc4n(-c4ccccc4)c3cc21.c1cc(-c2cncc(-c3cncnc3)c2)cc(-c2cc(-c3cccc(-c4cncc(-c5cncnc5)c4)c3)cc(-c3ccc4c(c3)C3(c5ccccc5-c5ccccc53)c3ccccc3-4)c2)c1. The van der Waals surface area contributed by atoms with E-state index >= 15 is 0 Å². The van der Waals surface area contributed by atoms with Crippen LogP contribution in [0.4, 0.5) is 0 Å². The Hall–Kier alpha value is -18.2. The molecule has 642 valence electrons. The molecule has 0 fully saturated rings. The lowest BCUT2D eigenvalue weighted by molar-refractivity contribution is 0.661. The van der Waals surface area contributed by atoms with Crippen LogP contribution in [0.25, 0.3) is 217 Å². The number of hydrogen-bond donors (Lipinski definition) is 0. The number of aromatic nitrogens is 13. The lowest BCUT2D eigenvalue weighted by Crippen LogP contribution is -2.25. The first kappa shape index (κ1) is 80.8. The minimum Gasteiger partial charge on any atom is -0.309 e. The topological polar surface area (TPSA) is 160 Å². The zero-order valence-corrected chi connectivity index (χ0v) is 74.6. The van der Waals surface area contributed by atoms with E-state index in [4.69, 9.17) is 0 Å². The van der Waals surface area contributed by atoms with Gasteiger partial charge >= 0.3 is 0 Å². The molecule has 0 saturated carbocycles. The first-order valence-electron chi connectivity index (χ1n) is 45.9. The van der Waals surface area contributed by atoms with Gasteiger partial charge in [-0.1, -0.05) is 220 Å². The number of benzene rings is 14. The van der Waals surface area contributed by atoms with Crippen molar-refractivity contribution < 1.29 is 0 Å². The average molecular weight is 1750 g/mol. The number of nitrogens with zero attached hydrogens (tertiary/aromatic N) is 13. The molecule has 14 aromatic carbocycles. The van der Waals surface area contributed by atoms with Crippen LogP contribution in [0.5, 0.6) is 0 Å². The molecule has 13 nitrogen and oxygen atoms in total. The molecule has 0 atom stereocenters. The molecule has 0 unspecified atom stereocenters. The maximum Gasteiger partial charge on any atom is 0.115 e. The number of rotatable bonds is 15. The zero-order chi connectivity index (χ0) is 91.1. The van der Waals surface area contributed by atoms with E-state index in [1.165, 1.54) is 88.6 Å². The highest BCUT2D eigenvalue weighted by Crippen LogP contribution is 2.64. The fourth-order valence-corrected chi connectivity index (χ4v) is 21.1. The second-order valence-corrected chi connectivity index (χ2v) is 35.9. The summed E-state index contributed by atoms with van der Waals surface area (Å²) in [5.41, 5.74) is 48.1. The summed E-state index contributed by atoms with van der Waals surface area (Å²) in [5, 5.41) is 2.45. The molecule has 1 spiro atoms. The fraction of sp³-hybridized carbons (Fsp3) is 0.0323. The third-order valence-corrected chi connectivity index (χ3v) is 27.7. The Morgan fingerprint density at radius 2 is 0.423 bits per heavy atom. The van der Waals surface area contributed by atoms with Gasteiger partial charge in [0, 0.05) is 188 Å². The van der Waals surface area contributed by atoms with Gasteiger partial charge in [0.15, 0.2) is 0 Å². The maximum absolute atomic E-state index is 4.64. The van der Waals surface area contributed by atoms with Crippen molar-refractivity contribution in [3.8, 4) is 195 Å². The Bertz CT molecular complexity index is 8350. The Kier molecular flexibility index (Phi) is 19.8. The molecule has 0 amide bonds. The van der Waals surface area contributed by atoms with Crippen LogP contribution in [0.1, 0.15) is 47.2 Å². The summed E-state index contributed by atoms with van der Waals surface area (Å²) in [6, 6.07) is 123. The molecule has 3 aliphatic rings. The quantitative estimate of drug-likeness (QED) is 0.0957. The monoisotopic (exact) mass is 1750 g/mol. The second kappa shape index (κ2) is 33.6. The van der Waals surface area contributed by atoms with Crippen molar-refractivity contribution in [1.29, 1.82) is 0 Å². The lowest BCUT2D eigenvalue weighted by Gasteiger charge is -2.30. The predicted octanol–water partition coefficient (Wildman–Crippen LogP) is 29.2. The Morgan fingerprint density at radius 1 is 0.161 bits per heavy atom.